The molecule has 1 aromatic carbocycles. The topological polar surface area (TPSA) is 134 Å². The molecule has 2 unspecified atom stereocenters. The first-order valence-corrected chi connectivity index (χ1v) is 9.21. The van der Waals surface area contributed by atoms with E-state index in [0.717, 1.165) is 11.1 Å². The third kappa shape index (κ3) is 6.94. The Morgan fingerprint density at radius 1 is 1.32 bits per heavy atom. The SMILES string of the molecule is CC(C)(C)c1cc(CC(N)c2nnco2)ccc1O.CNC(C(=O)O)C(C)C. The lowest BCUT2D eigenvalue weighted by Crippen LogP contribution is -2.38. The van der Waals surface area contributed by atoms with Crippen molar-refractivity contribution < 1.29 is 19.4 Å². The van der Waals surface area contributed by atoms with Crippen LogP contribution in [0, 0.1) is 5.92 Å². The van der Waals surface area contributed by atoms with Crippen molar-refractivity contribution in [2.75, 3.05) is 7.05 Å². The van der Waals surface area contributed by atoms with Crippen molar-refractivity contribution in [1.82, 2.24) is 15.5 Å². The number of hydrogen-bond acceptors (Lipinski definition) is 7. The summed E-state index contributed by atoms with van der Waals surface area (Å²) in [7, 11) is 1.65. The van der Waals surface area contributed by atoms with E-state index >= 15 is 0 Å². The molecule has 0 aliphatic rings. The van der Waals surface area contributed by atoms with Gasteiger partial charge in [-0.05, 0) is 42.0 Å². The van der Waals surface area contributed by atoms with Crippen LogP contribution in [0.1, 0.15) is 57.7 Å². The highest BCUT2D eigenvalue weighted by atomic mass is 16.4. The molecule has 2 rings (SSSR count). The van der Waals surface area contributed by atoms with E-state index in [1.165, 1.54) is 6.39 Å². The van der Waals surface area contributed by atoms with E-state index < -0.39 is 12.0 Å². The number of carboxylic acid groups (broad SMARTS) is 1. The van der Waals surface area contributed by atoms with Crippen LogP contribution in [0.15, 0.2) is 29.0 Å². The van der Waals surface area contributed by atoms with Crippen LogP contribution in [0.5, 0.6) is 5.75 Å². The average Bonchev–Trinajstić information content (AvgIpc) is 3.10. The minimum atomic E-state index is -0.785. The molecule has 156 valence electrons. The Kier molecular flexibility index (Phi) is 8.59. The smallest absolute Gasteiger partial charge is 0.320 e. The van der Waals surface area contributed by atoms with Gasteiger partial charge in [-0.15, -0.1) is 10.2 Å². The molecule has 8 nitrogen and oxygen atoms in total. The number of nitrogens with one attached hydrogen (secondary N) is 1. The molecule has 28 heavy (non-hydrogen) atoms. The van der Waals surface area contributed by atoms with Crippen molar-refractivity contribution in [3.05, 3.63) is 41.6 Å². The maximum atomic E-state index is 10.3. The lowest BCUT2D eigenvalue weighted by atomic mass is 9.85. The van der Waals surface area contributed by atoms with Crippen molar-refractivity contribution in [2.24, 2.45) is 11.7 Å². The van der Waals surface area contributed by atoms with Gasteiger partial charge in [0.25, 0.3) is 0 Å². The monoisotopic (exact) mass is 392 g/mol. The molecule has 0 saturated carbocycles. The Morgan fingerprint density at radius 3 is 2.36 bits per heavy atom. The summed E-state index contributed by atoms with van der Waals surface area (Å²) >= 11 is 0. The van der Waals surface area contributed by atoms with Gasteiger partial charge in [-0.25, -0.2) is 0 Å². The van der Waals surface area contributed by atoms with Gasteiger partial charge in [0.15, 0.2) is 0 Å². The van der Waals surface area contributed by atoms with Crippen LogP contribution >= 0.6 is 0 Å². The molecule has 0 fully saturated rings. The summed E-state index contributed by atoms with van der Waals surface area (Å²) < 4.78 is 5.09. The number of carbonyl (C=O) groups is 1. The zero-order valence-corrected chi connectivity index (χ0v) is 17.4. The number of likely N-dealkylation sites (N-methyl/N-ethyl adjacent to an activating group) is 1. The molecule has 0 aliphatic heterocycles. The summed E-state index contributed by atoms with van der Waals surface area (Å²) in [6.45, 7) is 9.92. The molecule has 8 heteroatoms. The Labute approximate surface area is 166 Å². The van der Waals surface area contributed by atoms with Gasteiger partial charge in [-0.2, -0.15) is 0 Å². The quantitative estimate of drug-likeness (QED) is 0.589. The van der Waals surface area contributed by atoms with Gasteiger partial charge in [0.2, 0.25) is 12.3 Å². The average molecular weight is 393 g/mol. The molecular weight excluding hydrogens is 360 g/mol. The largest absolute Gasteiger partial charge is 0.508 e. The summed E-state index contributed by atoms with van der Waals surface area (Å²) in [5, 5.41) is 28.5. The third-order valence-electron chi connectivity index (χ3n) is 4.26. The van der Waals surface area contributed by atoms with E-state index in [9.17, 15) is 9.90 Å². The predicted octanol–water partition coefficient (Wildman–Crippen LogP) is 2.63. The number of rotatable bonds is 6. The fourth-order valence-corrected chi connectivity index (χ4v) is 2.74. The van der Waals surface area contributed by atoms with Gasteiger partial charge in [0, 0.05) is 0 Å². The van der Waals surface area contributed by atoms with E-state index in [-0.39, 0.29) is 17.4 Å². The van der Waals surface area contributed by atoms with Crippen LogP contribution in [0.25, 0.3) is 0 Å². The number of phenolic OH excluding ortho intramolecular Hbond substituents is 1. The number of aromatic nitrogens is 2. The van der Waals surface area contributed by atoms with E-state index in [0.29, 0.717) is 18.1 Å². The van der Waals surface area contributed by atoms with E-state index in [2.05, 4.69) is 36.3 Å². The Balaban J connectivity index is 0.000000370. The van der Waals surface area contributed by atoms with Crippen LogP contribution in [0.3, 0.4) is 0 Å². The second-order valence-corrected chi connectivity index (χ2v) is 8.04. The van der Waals surface area contributed by atoms with Gasteiger partial charge in [0.1, 0.15) is 11.8 Å². The first-order chi connectivity index (χ1) is 13.0. The second-order valence-electron chi connectivity index (χ2n) is 8.04. The molecule has 1 aromatic heterocycles. The maximum Gasteiger partial charge on any atom is 0.320 e. The molecule has 0 spiro atoms. The summed E-state index contributed by atoms with van der Waals surface area (Å²) in [5.41, 5.74) is 7.83. The van der Waals surface area contributed by atoms with Gasteiger partial charge < -0.3 is 25.7 Å². The highest BCUT2D eigenvalue weighted by molar-refractivity contribution is 5.73. The Morgan fingerprint density at radius 2 is 1.96 bits per heavy atom. The molecule has 0 bridgehead atoms. The van der Waals surface area contributed by atoms with Gasteiger partial charge in [-0.3, -0.25) is 4.79 Å². The van der Waals surface area contributed by atoms with Crippen LogP contribution < -0.4 is 11.1 Å². The van der Waals surface area contributed by atoms with Crippen LogP contribution in [-0.2, 0) is 16.6 Å². The highest BCUT2D eigenvalue weighted by Gasteiger charge is 2.20. The molecule has 0 aliphatic carbocycles. The molecule has 2 atom stereocenters. The number of nitrogens with zero attached hydrogens (tertiary/aromatic N) is 2. The first-order valence-electron chi connectivity index (χ1n) is 9.21. The molecule has 0 radical (unpaired) electrons. The number of carboxylic acids is 1. The van der Waals surface area contributed by atoms with E-state index in [4.69, 9.17) is 15.3 Å². The fraction of sp³-hybridized carbons (Fsp3) is 0.550. The Hall–Kier alpha value is -2.45. The molecule has 0 amide bonds. The van der Waals surface area contributed by atoms with Gasteiger partial charge >= 0.3 is 5.97 Å². The number of aliphatic carboxylic acids is 1. The minimum Gasteiger partial charge on any atom is -0.508 e. The number of benzene rings is 1. The van der Waals surface area contributed by atoms with Crippen molar-refractivity contribution >= 4 is 5.97 Å². The third-order valence-corrected chi connectivity index (χ3v) is 4.26. The van der Waals surface area contributed by atoms with Crippen molar-refractivity contribution in [1.29, 1.82) is 0 Å². The van der Waals surface area contributed by atoms with Crippen LogP contribution in [0.4, 0.5) is 0 Å². The minimum absolute atomic E-state index is 0.116. The highest BCUT2D eigenvalue weighted by Crippen LogP contribution is 2.32. The zero-order chi connectivity index (χ0) is 21.5. The molecule has 1 heterocycles. The Bertz CT molecular complexity index is 739. The predicted molar refractivity (Wildman–Crippen MR) is 107 cm³/mol. The maximum absolute atomic E-state index is 10.3. The number of aromatic hydroxyl groups is 1. The van der Waals surface area contributed by atoms with Gasteiger partial charge in [0.05, 0.1) is 6.04 Å². The lowest BCUT2D eigenvalue weighted by molar-refractivity contribution is -0.140. The molecule has 5 N–H and O–H groups in total. The first kappa shape index (κ1) is 23.6. The fourth-order valence-electron chi connectivity index (χ4n) is 2.74. The summed E-state index contributed by atoms with van der Waals surface area (Å²) in [4.78, 5) is 10.3. The van der Waals surface area contributed by atoms with Gasteiger partial charge in [-0.1, -0.05) is 46.8 Å². The van der Waals surface area contributed by atoms with E-state index in [1.807, 2.05) is 26.0 Å². The van der Waals surface area contributed by atoms with Crippen molar-refractivity contribution in [3.63, 3.8) is 0 Å². The van der Waals surface area contributed by atoms with Crippen molar-refractivity contribution in [3.8, 4) is 5.75 Å². The normalized spacial score (nSPS) is 13.6. The summed E-state index contributed by atoms with van der Waals surface area (Å²) in [6.07, 6.45) is 1.86. The number of phenols is 1. The van der Waals surface area contributed by atoms with Crippen molar-refractivity contribution in [2.45, 2.75) is 58.5 Å². The number of nitrogens with two attached hydrogens (primary N) is 1. The molecular formula is C20H32N4O4. The van der Waals surface area contributed by atoms with E-state index in [1.54, 1.807) is 13.1 Å². The van der Waals surface area contributed by atoms with Crippen LogP contribution in [-0.4, -0.2) is 39.5 Å². The zero-order valence-electron chi connectivity index (χ0n) is 17.4. The summed E-state index contributed by atoms with van der Waals surface area (Å²) in [6, 6.07) is 4.80. The standard InChI is InChI=1S/C14H19N3O2.C6H13NO2/c1-14(2,3)10-6-9(4-5-12(10)18)7-11(15)13-17-16-8-19-13;1-4(2)5(7-3)6(8)9/h4-6,8,11,18H,7,15H2,1-3H3;4-5,7H,1-3H3,(H,8,9). The summed E-state index contributed by atoms with van der Waals surface area (Å²) in [5.74, 6) is 0.0907. The lowest BCUT2D eigenvalue weighted by Gasteiger charge is -2.21. The number of hydrogen-bond donors (Lipinski definition) is 4. The second kappa shape index (κ2) is 10.2. The molecule has 0 saturated heterocycles. The molecule has 2 aromatic rings. The van der Waals surface area contributed by atoms with Crippen LogP contribution in [0.2, 0.25) is 0 Å².